The zero-order valence-electron chi connectivity index (χ0n) is 14.1. The van der Waals surface area contributed by atoms with Crippen LogP contribution >= 0.6 is 0 Å². The number of hydrogen-bond acceptors (Lipinski definition) is 5. The lowest BCUT2D eigenvalue weighted by molar-refractivity contribution is 0.102. The van der Waals surface area contributed by atoms with Gasteiger partial charge in [-0.3, -0.25) is 19.7 Å². The van der Waals surface area contributed by atoms with Gasteiger partial charge in [-0.05, 0) is 24.1 Å². The van der Waals surface area contributed by atoms with Crippen LogP contribution in [-0.2, 0) is 20.0 Å². The van der Waals surface area contributed by atoms with Gasteiger partial charge in [-0.15, -0.1) is 5.10 Å². The van der Waals surface area contributed by atoms with Crippen molar-refractivity contribution in [1.29, 1.82) is 0 Å². The van der Waals surface area contributed by atoms with E-state index in [-0.39, 0.29) is 12.0 Å². The van der Waals surface area contributed by atoms with Crippen LogP contribution in [0.5, 0.6) is 0 Å². The number of nitrogens with one attached hydrogen (secondary N) is 1. The third-order valence-corrected chi connectivity index (χ3v) is 4.24. The van der Waals surface area contributed by atoms with Crippen LogP contribution in [-0.4, -0.2) is 49.9 Å². The molecule has 2 N–H and O–H groups in total. The number of rotatable bonds is 5. The zero-order valence-corrected chi connectivity index (χ0v) is 14.1. The van der Waals surface area contributed by atoms with Crippen LogP contribution in [0.15, 0.2) is 24.3 Å². The van der Waals surface area contributed by atoms with E-state index in [1.54, 1.807) is 10.7 Å². The molecule has 24 heavy (non-hydrogen) atoms. The van der Waals surface area contributed by atoms with Gasteiger partial charge >= 0.3 is 0 Å². The number of benzene rings is 1. The molecule has 0 saturated carbocycles. The number of anilines is 1. The SMILES string of the molecule is CCc1nc(NC(=O)c2cccc(CN3CC[C@H](O)C3)c2)nn1C. The molecular weight excluding hydrogens is 306 g/mol. The van der Waals surface area contributed by atoms with Crippen LogP contribution in [0.4, 0.5) is 5.95 Å². The monoisotopic (exact) mass is 329 g/mol. The Balaban J connectivity index is 1.67. The Morgan fingerprint density at radius 1 is 1.46 bits per heavy atom. The Kier molecular flexibility index (Phi) is 4.92. The number of amides is 1. The van der Waals surface area contributed by atoms with Crippen LogP contribution in [0, 0.1) is 0 Å². The Morgan fingerprint density at radius 3 is 2.96 bits per heavy atom. The molecule has 1 saturated heterocycles. The fourth-order valence-corrected chi connectivity index (χ4v) is 2.98. The van der Waals surface area contributed by atoms with E-state index in [1.165, 1.54) is 0 Å². The van der Waals surface area contributed by atoms with Crippen molar-refractivity contribution in [2.24, 2.45) is 7.05 Å². The molecule has 0 unspecified atom stereocenters. The summed E-state index contributed by atoms with van der Waals surface area (Å²) in [6, 6.07) is 7.53. The van der Waals surface area contributed by atoms with Crippen LogP contribution in [0.1, 0.15) is 35.1 Å². The molecule has 1 aromatic heterocycles. The molecule has 2 aromatic rings. The van der Waals surface area contributed by atoms with Gasteiger partial charge in [0.15, 0.2) is 0 Å². The minimum absolute atomic E-state index is 0.216. The van der Waals surface area contributed by atoms with Gasteiger partial charge < -0.3 is 5.11 Å². The first-order chi connectivity index (χ1) is 11.5. The van der Waals surface area contributed by atoms with E-state index < -0.39 is 0 Å². The Labute approximate surface area is 141 Å². The highest BCUT2D eigenvalue weighted by Gasteiger charge is 2.20. The average Bonchev–Trinajstić information content (AvgIpc) is 3.12. The van der Waals surface area contributed by atoms with E-state index >= 15 is 0 Å². The van der Waals surface area contributed by atoms with Gasteiger partial charge in [0.05, 0.1) is 6.10 Å². The number of carbonyl (C=O) groups excluding carboxylic acids is 1. The molecule has 3 rings (SSSR count). The molecule has 1 atom stereocenters. The Bertz CT molecular complexity index is 728. The first kappa shape index (κ1) is 16.6. The molecule has 1 amide bonds. The highest BCUT2D eigenvalue weighted by atomic mass is 16.3. The molecule has 1 fully saturated rings. The van der Waals surface area contributed by atoms with Crippen LogP contribution in [0.2, 0.25) is 0 Å². The number of aliphatic hydroxyl groups is 1. The second-order valence-corrected chi connectivity index (χ2v) is 6.16. The van der Waals surface area contributed by atoms with E-state index in [4.69, 9.17) is 0 Å². The van der Waals surface area contributed by atoms with E-state index in [2.05, 4.69) is 20.3 Å². The maximum absolute atomic E-state index is 12.4. The van der Waals surface area contributed by atoms with Crippen molar-refractivity contribution < 1.29 is 9.90 Å². The second-order valence-electron chi connectivity index (χ2n) is 6.16. The van der Waals surface area contributed by atoms with Gasteiger partial charge in [0, 0.05) is 38.7 Å². The molecule has 7 nitrogen and oxygen atoms in total. The Hall–Kier alpha value is -2.25. The van der Waals surface area contributed by atoms with Crippen molar-refractivity contribution in [3.05, 3.63) is 41.2 Å². The molecule has 1 aliphatic heterocycles. The van der Waals surface area contributed by atoms with Crippen molar-refractivity contribution in [3.8, 4) is 0 Å². The number of aryl methyl sites for hydroxylation is 2. The lowest BCUT2D eigenvalue weighted by atomic mass is 10.1. The fraction of sp³-hybridized carbons (Fsp3) is 0.471. The van der Waals surface area contributed by atoms with Gasteiger partial charge in [-0.1, -0.05) is 19.1 Å². The van der Waals surface area contributed by atoms with Crippen LogP contribution in [0.25, 0.3) is 0 Å². The molecule has 2 heterocycles. The van der Waals surface area contributed by atoms with Gasteiger partial charge in [0.25, 0.3) is 5.91 Å². The molecular formula is C17H23N5O2. The van der Waals surface area contributed by atoms with Crippen molar-refractivity contribution in [2.75, 3.05) is 18.4 Å². The molecule has 0 radical (unpaired) electrons. The lowest BCUT2D eigenvalue weighted by Crippen LogP contribution is -2.21. The van der Waals surface area contributed by atoms with E-state index in [1.807, 2.05) is 32.2 Å². The predicted molar refractivity (Wildman–Crippen MR) is 90.7 cm³/mol. The van der Waals surface area contributed by atoms with Crippen LogP contribution in [0.3, 0.4) is 0 Å². The summed E-state index contributed by atoms with van der Waals surface area (Å²) in [6.07, 6.45) is 1.33. The topological polar surface area (TPSA) is 83.3 Å². The molecule has 1 aromatic carbocycles. The van der Waals surface area contributed by atoms with Crippen molar-refractivity contribution in [3.63, 3.8) is 0 Å². The van der Waals surface area contributed by atoms with Gasteiger partial charge in [0.2, 0.25) is 5.95 Å². The summed E-state index contributed by atoms with van der Waals surface area (Å²) < 4.78 is 1.67. The summed E-state index contributed by atoms with van der Waals surface area (Å²) in [5.41, 5.74) is 1.64. The molecule has 0 bridgehead atoms. The van der Waals surface area contributed by atoms with E-state index in [9.17, 15) is 9.90 Å². The first-order valence-electron chi connectivity index (χ1n) is 8.25. The standard InChI is InChI=1S/C17H23N5O2/c1-3-15-18-17(20-21(15)2)19-16(24)13-6-4-5-12(9-13)10-22-8-7-14(23)11-22/h4-6,9,14,23H,3,7-8,10-11H2,1-2H3,(H,19,20,24)/t14-/m0/s1. The summed E-state index contributed by atoms with van der Waals surface area (Å²) in [7, 11) is 1.81. The number of aliphatic hydroxyl groups excluding tert-OH is 1. The third-order valence-electron chi connectivity index (χ3n) is 4.24. The molecule has 1 aliphatic rings. The lowest BCUT2D eigenvalue weighted by Gasteiger charge is -2.15. The second kappa shape index (κ2) is 7.11. The minimum Gasteiger partial charge on any atom is -0.392 e. The van der Waals surface area contributed by atoms with Gasteiger partial charge in [-0.25, -0.2) is 0 Å². The van der Waals surface area contributed by atoms with Crippen molar-refractivity contribution >= 4 is 11.9 Å². The highest BCUT2D eigenvalue weighted by molar-refractivity contribution is 6.03. The Morgan fingerprint density at radius 2 is 2.29 bits per heavy atom. The van der Waals surface area contributed by atoms with E-state index in [0.29, 0.717) is 18.1 Å². The third kappa shape index (κ3) is 3.80. The number of likely N-dealkylation sites (tertiary alicyclic amines) is 1. The average molecular weight is 329 g/mol. The molecule has 0 spiro atoms. The summed E-state index contributed by atoms with van der Waals surface area (Å²) in [6.45, 7) is 4.30. The fourth-order valence-electron chi connectivity index (χ4n) is 2.98. The predicted octanol–water partition coefficient (Wildman–Crippen LogP) is 1.20. The summed E-state index contributed by atoms with van der Waals surface area (Å²) in [4.78, 5) is 18.9. The smallest absolute Gasteiger partial charge is 0.258 e. The molecule has 128 valence electrons. The number of hydrogen-bond donors (Lipinski definition) is 2. The molecule has 7 heteroatoms. The maximum atomic E-state index is 12.4. The number of nitrogens with zero attached hydrogens (tertiary/aromatic N) is 4. The molecule has 0 aliphatic carbocycles. The largest absolute Gasteiger partial charge is 0.392 e. The van der Waals surface area contributed by atoms with E-state index in [0.717, 1.165) is 37.3 Å². The van der Waals surface area contributed by atoms with Crippen molar-refractivity contribution in [1.82, 2.24) is 19.7 Å². The highest BCUT2D eigenvalue weighted by Crippen LogP contribution is 2.15. The summed E-state index contributed by atoms with van der Waals surface area (Å²) in [5.74, 6) is 0.936. The summed E-state index contributed by atoms with van der Waals surface area (Å²) in [5, 5.41) is 16.6. The summed E-state index contributed by atoms with van der Waals surface area (Å²) >= 11 is 0. The van der Waals surface area contributed by atoms with Crippen LogP contribution < -0.4 is 5.32 Å². The number of aromatic nitrogens is 3. The zero-order chi connectivity index (χ0) is 17.1. The van der Waals surface area contributed by atoms with Gasteiger partial charge in [-0.2, -0.15) is 4.98 Å². The normalized spacial score (nSPS) is 18.0. The number of β-amino-alcohol motifs (C(OH)–C–C–N with tert-alkyl or cyclic N) is 1. The quantitative estimate of drug-likeness (QED) is 0.861. The first-order valence-corrected chi connectivity index (χ1v) is 8.25. The maximum Gasteiger partial charge on any atom is 0.258 e. The minimum atomic E-state index is -0.237. The van der Waals surface area contributed by atoms with Crippen molar-refractivity contribution in [2.45, 2.75) is 32.4 Å². The number of carbonyl (C=O) groups is 1. The van der Waals surface area contributed by atoms with Gasteiger partial charge in [0.1, 0.15) is 5.82 Å².